The third-order valence-electron chi connectivity index (χ3n) is 6.68. The number of fused-ring (bicyclic) bond motifs is 1. The third kappa shape index (κ3) is 3.94. The van der Waals surface area contributed by atoms with Crippen molar-refractivity contribution in [3.63, 3.8) is 0 Å². The molecule has 5 rings (SSSR count). The van der Waals surface area contributed by atoms with Crippen molar-refractivity contribution < 1.29 is 0 Å². The van der Waals surface area contributed by atoms with Crippen LogP contribution in [0, 0.1) is 0 Å². The minimum atomic E-state index is -2.10. The molecular weight excluding hydrogens is 388 g/mol. The summed E-state index contributed by atoms with van der Waals surface area (Å²) in [5.74, 6) is 0. The quantitative estimate of drug-likeness (QED) is 0.273. The van der Waals surface area contributed by atoms with Crippen molar-refractivity contribution in [2.75, 3.05) is 0 Å². The molecule has 0 spiro atoms. The van der Waals surface area contributed by atoms with Gasteiger partial charge in [-0.1, -0.05) is 133 Å². The van der Waals surface area contributed by atoms with Crippen LogP contribution in [0.1, 0.15) is 24.0 Å². The highest BCUT2D eigenvalue weighted by atomic mass is 28.3. The Morgan fingerprint density at radius 1 is 0.548 bits per heavy atom. The molecule has 0 radical (unpaired) electrons. The summed E-state index contributed by atoms with van der Waals surface area (Å²) in [4.78, 5) is 0. The molecular formula is C30H28Si. The Balaban J connectivity index is 1.50. The number of allylic oxidation sites excluding steroid dienone is 1. The summed E-state index contributed by atoms with van der Waals surface area (Å²) in [7, 11) is -2.10. The van der Waals surface area contributed by atoms with Gasteiger partial charge in [-0.3, -0.25) is 0 Å². The molecule has 4 aromatic carbocycles. The summed E-state index contributed by atoms with van der Waals surface area (Å²) < 4.78 is 0. The lowest BCUT2D eigenvalue weighted by atomic mass is 10.1. The Bertz CT molecular complexity index is 1060. The first-order valence-electron chi connectivity index (χ1n) is 11.3. The van der Waals surface area contributed by atoms with E-state index in [2.05, 4.69) is 121 Å². The van der Waals surface area contributed by atoms with Crippen molar-refractivity contribution in [3.8, 4) is 0 Å². The van der Waals surface area contributed by atoms with E-state index in [1.54, 1.807) is 5.57 Å². The van der Waals surface area contributed by atoms with Crippen molar-refractivity contribution in [2.45, 2.75) is 25.3 Å². The van der Waals surface area contributed by atoms with Gasteiger partial charge in [-0.05, 0) is 45.6 Å². The molecule has 0 amide bonds. The Hall–Kier alpha value is -3.16. The van der Waals surface area contributed by atoms with Gasteiger partial charge in [0.1, 0.15) is 8.07 Å². The number of rotatable bonds is 7. The number of hydrogen-bond donors (Lipinski definition) is 0. The van der Waals surface area contributed by atoms with E-state index in [-0.39, 0.29) is 0 Å². The molecule has 0 aromatic heterocycles. The van der Waals surface area contributed by atoms with Crippen LogP contribution in [0.4, 0.5) is 0 Å². The Morgan fingerprint density at radius 2 is 1.03 bits per heavy atom. The van der Waals surface area contributed by atoms with Crippen LogP contribution in [0.3, 0.4) is 0 Å². The topological polar surface area (TPSA) is 0 Å². The number of benzene rings is 4. The largest absolute Gasteiger partial charge is 0.148 e. The number of hydrogen-bond acceptors (Lipinski definition) is 0. The van der Waals surface area contributed by atoms with Crippen LogP contribution in [0.25, 0.3) is 6.08 Å². The van der Waals surface area contributed by atoms with Crippen LogP contribution in [-0.4, -0.2) is 8.07 Å². The second kappa shape index (κ2) is 8.91. The van der Waals surface area contributed by atoms with Gasteiger partial charge in [0.05, 0.1) is 0 Å². The molecule has 152 valence electrons. The summed E-state index contributed by atoms with van der Waals surface area (Å²) in [6, 6.07) is 43.9. The second-order valence-corrected chi connectivity index (χ2v) is 12.6. The van der Waals surface area contributed by atoms with E-state index in [9.17, 15) is 0 Å². The molecule has 1 aliphatic rings. The average Bonchev–Trinajstić information content (AvgIpc) is 3.26. The predicted molar refractivity (Wildman–Crippen MR) is 136 cm³/mol. The summed E-state index contributed by atoms with van der Waals surface area (Å²) in [6.45, 7) is 0. The summed E-state index contributed by atoms with van der Waals surface area (Å²) in [5, 5.41) is 4.53. The van der Waals surface area contributed by atoms with Gasteiger partial charge in [-0.25, -0.2) is 0 Å². The molecule has 0 N–H and O–H groups in total. The zero-order chi connectivity index (χ0) is 20.9. The molecule has 0 fully saturated rings. The first-order valence-corrected chi connectivity index (χ1v) is 13.5. The average molecular weight is 417 g/mol. The maximum atomic E-state index is 2.42. The van der Waals surface area contributed by atoms with Crippen LogP contribution in [0.5, 0.6) is 0 Å². The molecule has 0 aliphatic heterocycles. The molecule has 0 unspecified atom stereocenters. The van der Waals surface area contributed by atoms with Crippen LogP contribution in [0.15, 0.2) is 121 Å². The molecule has 0 atom stereocenters. The van der Waals surface area contributed by atoms with Gasteiger partial charge in [0.15, 0.2) is 0 Å². The fraction of sp³-hybridized carbons (Fsp3) is 0.133. The lowest BCUT2D eigenvalue weighted by molar-refractivity contribution is 0.876. The fourth-order valence-corrected chi connectivity index (χ4v) is 10.1. The predicted octanol–water partition coefficient (Wildman–Crippen LogP) is 5.58. The highest BCUT2D eigenvalue weighted by Gasteiger charge is 2.38. The van der Waals surface area contributed by atoms with Crippen molar-refractivity contribution in [3.05, 3.63) is 132 Å². The van der Waals surface area contributed by atoms with Crippen molar-refractivity contribution in [1.29, 1.82) is 0 Å². The van der Waals surface area contributed by atoms with E-state index < -0.39 is 8.07 Å². The smallest absolute Gasteiger partial charge is 0.0652 e. The van der Waals surface area contributed by atoms with E-state index in [1.165, 1.54) is 45.6 Å². The van der Waals surface area contributed by atoms with Gasteiger partial charge < -0.3 is 0 Å². The van der Waals surface area contributed by atoms with Crippen LogP contribution in [-0.2, 0) is 6.42 Å². The molecule has 31 heavy (non-hydrogen) atoms. The maximum Gasteiger partial charge on any atom is 0.148 e. The van der Waals surface area contributed by atoms with E-state index in [1.807, 2.05) is 0 Å². The van der Waals surface area contributed by atoms with Gasteiger partial charge in [0.25, 0.3) is 0 Å². The first kappa shape index (κ1) is 19.8. The van der Waals surface area contributed by atoms with E-state index >= 15 is 0 Å². The second-order valence-electron chi connectivity index (χ2n) is 8.54. The normalized spacial score (nSPS) is 13.0. The van der Waals surface area contributed by atoms with Crippen LogP contribution in [0.2, 0.25) is 6.04 Å². The Morgan fingerprint density at radius 3 is 1.55 bits per heavy atom. The monoisotopic (exact) mass is 416 g/mol. The lowest BCUT2D eigenvalue weighted by Crippen LogP contribution is -2.66. The van der Waals surface area contributed by atoms with Crippen LogP contribution < -0.4 is 15.6 Å². The summed E-state index contributed by atoms with van der Waals surface area (Å²) in [5.41, 5.74) is 4.48. The minimum Gasteiger partial charge on any atom is -0.0652 e. The zero-order valence-corrected chi connectivity index (χ0v) is 18.9. The van der Waals surface area contributed by atoms with Crippen molar-refractivity contribution in [2.24, 2.45) is 0 Å². The van der Waals surface area contributed by atoms with Gasteiger partial charge in [-0.2, -0.15) is 0 Å². The molecule has 0 nitrogen and oxygen atoms in total. The van der Waals surface area contributed by atoms with Crippen molar-refractivity contribution in [1.82, 2.24) is 0 Å². The molecule has 0 saturated carbocycles. The van der Waals surface area contributed by atoms with Crippen LogP contribution >= 0.6 is 0 Å². The van der Waals surface area contributed by atoms with Gasteiger partial charge in [-0.15, -0.1) is 0 Å². The molecule has 0 heterocycles. The van der Waals surface area contributed by atoms with Crippen molar-refractivity contribution >= 4 is 29.7 Å². The molecule has 1 heteroatoms. The first-order chi connectivity index (χ1) is 15.4. The molecule has 0 saturated heterocycles. The van der Waals surface area contributed by atoms with Gasteiger partial charge in [0.2, 0.25) is 0 Å². The standard InChI is InChI=1S/C30H28Si/c1-4-16-28(17-5-1)31(29-18-6-2-7-19-29,30-20-8-3-9-21-30)22-12-13-25-23-26-14-10-11-15-27(26)24-25/h1-11,14-21,23H,12-13,22,24H2. The van der Waals surface area contributed by atoms with E-state index in [4.69, 9.17) is 0 Å². The summed E-state index contributed by atoms with van der Waals surface area (Å²) >= 11 is 0. The zero-order valence-electron chi connectivity index (χ0n) is 17.9. The van der Waals surface area contributed by atoms with Gasteiger partial charge >= 0.3 is 0 Å². The fourth-order valence-electron chi connectivity index (χ4n) is 5.19. The highest BCUT2D eigenvalue weighted by molar-refractivity contribution is 7.11. The Labute approximate surface area is 186 Å². The maximum absolute atomic E-state index is 2.42. The molecule has 4 aromatic rings. The summed E-state index contributed by atoms with van der Waals surface area (Å²) in [6.07, 6.45) is 5.93. The van der Waals surface area contributed by atoms with E-state index in [0.717, 1.165) is 6.42 Å². The molecule has 1 aliphatic carbocycles. The van der Waals surface area contributed by atoms with E-state index in [0.29, 0.717) is 0 Å². The molecule has 0 bridgehead atoms. The minimum absolute atomic E-state index is 1.12. The Kier molecular flexibility index (Phi) is 5.69. The SMILES string of the molecule is C1=C(CCC[Si](c2ccccc2)(c2ccccc2)c2ccccc2)Cc2ccccc21. The lowest BCUT2D eigenvalue weighted by Gasteiger charge is -2.34. The third-order valence-corrected chi connectivity index (χ3v) is 11.7. The van der Waals surface area contributed by atoms with Gasteiger partial charge in [0, 0.05) is 0 Å². The highest BCUT2D eigenvalue weighted by Crippen LogP contribution is 2.29.